The van der Waals surface area contributed by atoms with Crippen LogP contribution in [0.25, 0.3) is 0 Å². The molecule has 0 saturated carbocycles. The van der Waals surface area contributed by atoms with Crippen LogP contribution >= 0.6 is 11.6 Å². The van der Waals surface area contributed by atoms with Crippen LogP contribution in [0.2, 0.25) is 5.02 Å². The number of carbonyl (C=O) groups excluding carboxylic acids is 2. The van der Waals surface area contributed by atoms with E-state index in [4.69, 9.17) is 21.1 Å². The molecule has 3 aromatic carbocycles. The first-order valence-electron chi connectivity index (χ1n) is 12.3. The minimum atomic E-state index is -4.39. The van der Waals surface area contributed by atoms with E-state index in [-0.39, 0.29) is 22.9 Å². The van der Waals surface area contributed by atoms with Gasteiger partial charge >= 0.3 is 0 Å². The highest BCUT2D eigenvalue weighted by Gasteiger charge is 2.33. The van der Waals surface area contributed by atoms with Gasteiger partial charge in [0.15, 0.2) is 11.5 Å². The Morgan fingerprint density at radius 3 is 2.25 bits per heavy atom. The summed E-state index contributed by atoms with van der Waals surface area (Å²) in [5, 5.41) is 3.07. The van der Waals surface area contributed by atoms with Crippen LogP contribution in [0.3, 0.4) is 0 Å². The molecular formula is C28H31ClFN3O6S. The topological polar surface area (TPSA) is 105 Å². The molecule has 0 radical (unpaired) electrons. The third kappa shape index (κ3) is 7.02. The van der Waals surface area contributed by atoms with Gasteiger partial charge in [0.05, 0.1) is 24.8 Å². The van der Waals surface area contributed by atoms with Crippen molar-refractivity contribution in [2.75, 3.05) is 31.6 Å². The van der Waals surface area contributed by atoms with Crippen LogP contribution < -0.4 is 19.1 Å². The van der Waals surface area contributed by atoms with Crippen molar-refractivity contribution in [2.45, 2.75) is 31.3 Å². The minimum absolute atomic E-state index is 0.0490. The molecule has 9 nitrogen and oxygen atoms in total. The van der Waals surface area contributed by atoms with Crippen LogP contribution in [0, 0.1) is 5.82 Å². The number of carbonyl (C=O) groups is 2. The van der Waals surface area contributed by atoms with E-state index in [1.54, 1.807) is 38.1 Å². The molecule has 0 fully saturated rings. The van der Waals surface area contributed by atoms with Crippen molar-refractivity contribution in [1.82, 2.24) is 10.2 Å². The maximum Gasteiger partial charge on any atom is 0.264 e. The number of anilines is 1. The van der Waals surface area contributed by atoms with Gasteiger partial charge in [-0.25, -0.2) is 12.8 Å². The summed E-state index contributed by atoms with van der Waals surface area (Å²) < 4.78 is 52.9. The van der Waals surface area contributed by atoms with Crippen molar-refractivity contribution in [3.63, 3.8) is 0 Å². The van der Waals surface area contributed by atoms with Crippen molar-refractivity contribution in [3.8, 4) is 11.5 Å². The second kappa shape index (κ2) is 13.5. The average molecular weight is 592 g/mol. The first kappa shape index (κ1) is 30.7. The number of ether oxygens (including phenoxy) is 2. The first-order valence-corrected chi connectivity index (χ1v) is 14.2. The zero-order valence-corrected chi connectivity index (χ0v) is 24.1. The number of benzene rings is 3. The highest BCUT2D eigenvalue weighted by Crippen LogP contribution is 2.32. The van der Waals surface area contributed by atoms with E-state index in [1.165, 1.54) is 49.5 Å². The number of halogens is 2. The fourth-order valence-electron chi connectivity index (χ4n) is 3.96. The van der Waals surface area contributed by atoms with Crippen molar-refractivity contribution < 1.29 is 31.9 Å². The molecular weight excluding hydrogens is 561 g/mol. The maximum atomic E-state index is 13.9. The standard InChI is InChI=1S/C28H31ClFN3O6S/c1-5-31-28(35)19(2)32(17-20-8-6-7-9-24(20)29)27(34)18-33(22-12-10-21(30)11-13-22)40(36,37)23-14-15-25(38-3)26(16-23)39-4/h6-16,19H,5,17-18H2,1-4H3,(H,31,35). The Labute approximate surface area is 238 Å². The number of sulfonamides is 1. The van der Waals surface area contributed by atoms with E-state index >= 15 is 0 Å². The summed E-state index contributed by atoms with van der Waals surface area (Å²) in [6, 6.07) is 14.6. The smallest absolute Gasteiger partial charge is 0.264 e. The van der Waals surface area contributed by atoms with Crippen molar-refractivity contribution in [3.05, 3.63) is 83.1 Å². The van der Waals surface area contributed by atoms with Gasteiger partial charge in [0.1, 0.15) is 18.4 Å². The number of hydrogen-bond acceptors (Lipinski definition) is 6. The fourth-order valence-corrected chi connectivity index (χ4v) is 5.58. The monoisotopic (exact) mass is 591 g/mol. The van der Waals surface area contributed by atoms with Gasteiger partial charge in [-0.15, -0.1) is 0 Å². The molecule has 3 rings (SSSR count). The Bertz CT molecular complexity index is 1450. The number of nitrogens with zero attached hydrogens (tertiary/aromatic N) is 2. The molecule has 0 heterocycles. The summed E-state index contributed by atoms with van der Waals surface area (Å²) in [4.78, 5) is 27.7. The molecule has 1 unspecified atom stereocenters. The second-order valence-electron chi connectivity index (χ2n) is 8.69. The van der Waals surface area contributed by atoms with Gasteiger partial charge in [0, 0.05) is 24.2 Å². The fraction of sp³-hybridized carbons (Fsp3) is 0.286. The SMILES string of the molecule is CCNC(=O)C(C)N(Cc1ccccc1Cl)C(=O)CN(c1ccc(F)cc1)S(=O)(=O)c1ccc(OC)c(OC)c1. The highest BCUT2D eigenvalue weighted by atomic mass is 35.5. The minimum Gasteiger partial charge on any atom is -0.493 e. The van der Waals surface area contributed by atoms with Gasteiger partial charge in [0.2, 0.25) is 11.8 Å². The predicted molar refractivity (Wildman–Crippen MR) is 151 cm³/mol. The summed E-state index contributed by atoms with van der Waals surface area (Å²) in [6.45, 7) is 2.90. The molecule has 0 spiro atoms. The van der Waals surface area contributed by atoms with Crippen molar-refractivity contribution >= 4 is 39.1 Å². The highest BCUT2D eigenvalue weighted by molar-refractivity contribution is 7.92. The van der Waals surface area contributed by atoms with Gasteiger partial charge in [-0.05, 0) is 61.9 Å². The van der Waals surface area contributed by atoms with Crippen molar-refractivity contribution in [1.29, 1.82) is 0 Å². The molecule has 0 aromatic heterocycles. The van der Waals surface area contributed by atoms with Crippen LogP contribution in [-0.2, 0) is 26.2 Å². The summed E-state index contributed by atoms with van der Waals surface area (Å²) in [7, 11) is -1.61. The number of amides is 2. The van der Waals surface area contributed by atoms with Crippen LogP contribution in [0.5, 0.6) is 11.5 Å². The molecule has 40 heavy (non-hydrogen) atoms. The predicted octanol–water partition coefficient (Wildman–Crippen LogP) is 4.25. The quantitative estimate of drug-likeness (QED) is 0.338. The number of methoxy groups -OCH3 is 2. The lowest BCUT2D eigenvalue weighted by Gasteiger charge is -2.32. The molecule has 12 heteroatoms. The number of nitrogens with one attached hydrogen (secondary N) is 1. The van der Waals surface area contributed by atoms with E-state index in [9.17, 15) is 22.4 Å². The molecule has 0 aliphatic heterocycles. The molecule has 1 N–H and O–H groups in total. The summed E-state index contributed by atoms with van der Waals surface area (Å²) >= 11 is 6.34. The Balaban J connectivity index is 2.08. The number of likely N-dealkylation sites (N-methyl/N-ethyl adjacent to an activating group) is 1. The zero-order chi connectivity index (χ0) is 29.4. The number of rotatable bonds is 12. The van der Waals surface area contributed by atoms with Gasteiger partial charge in [-0.3, -0.25) is 13.9 Å². The maximum absolute atomic E-state index is 13.9. The van der Waals surface area contributed by atoms with Crippen LogP contribution in [-0.4, -0.2) is 58.5 Å². The molecule has 214 valence electrons. The van der Waals surface area contributed by atoms with Gasteiger partial charge < -0.3 is 19.7 Å². The lowest BCUT2D eigenvalue weighted by atomic mass is 10.1. The van der Waals surface area contributed by atoms with E-state index < -0.39 is 40.2 Å². The van der Waals surface area contributed by atoms with Crippen LogP contribution in [0.15, 0.2) is 71.6 Å². The zero-order valence-electron chi connectivity index (χ0n) is 22.6. The summed E-state index contributed by atoms with van der Waals surface area (Å²) in [5.41, 5.74) is 0.623. The normalized spacial score (nSPS) is 11.8. The molecule has 2 amide bonds. The van der Waals surface area contributed by atoms with E-state index in [0.717, 1.165) is 16.4 Å². The average Bonchev–Trinajstić information content (AvgIpc) is 2.95. The largest absolute Gasteiger partial charge is 0.493 e. The Kier molecular flexibility index (Phi) is 10.4. The van der Waals surface area contributed by atoms with Gasteiger partial charge in [-0.2, -0.15) is 0 Å². The Hall–Kier alpha value is -3.83. The van der Waals surface area contributed by atoms with E-state index in [1.807, 2.05) is 0 Å². The van der Waals surface area contributed by atoms with Crippen LogP contribution in [0.4, 0.5) is 10.1 Å². The molecule has 0 saturated heterocycles. The van der Waals surface area contributed by atoms with Gasteiger partial charge in [-0.1, -0.05) is 29.8 Å². The molecule has 0 aliphatic carbocycles. The third-order valence-corrected chi connectivity index (χ3v) is 8.29. The van der Waals surface area contributed by atoms with Crippen LogP contribution in [0.1, 0.15) is 19.4 Å². The van der Waals surface area contributed by atoms with Crippen molar-refractivity contribution in [2.24, 2.45) is 0 Å². The summed E-state index contributed by atoms with van der Waals surface area (Å²) in [5.74, 6) is -1.19. The first-order chi connectivity index (χ1) is 19.0. The Morgan fingerprint density at radius 1 is 1.00 bits per heavy atom. The molecule has 0 bridgehead atoms. The lowest BCUT2D eigenvalue weighted by Crippen LogP contribution is -2.51. The van der Waals surface area contributed by atoms with Gasteiger partial charge in [0.25, 0.3) is 10.0 Å². The molecule has 3 aromatic rings. The molecule has 0 aliphatic rings. The lowest BCUT2D eigenvalue weighted by molar-refractivity contribution is -0.139. The third-order valence-electron chi connectivity index (χ3n) is 6.15. The second-order valence-corrected chi connectivity index (χ2v) is 11.0. The Morgan fingerprint density at radius 2 is 1.65 bits per heavy atom. The number of hydrogen-bond donors (Lipinski definition) is 1. The van der Waals surface area contributed by atoms with E-state index in [0.29, 0.717) is 22.9 Å². The summed E-state index contributed by atoms with van der Waals surface area (Å²) in [6.07, 6.45) is 0. The van der Waals surface area contributed by atoms with E-state index in [2.05, 4.69) is 5.32 Å². The molecule has 1 atom stereocenters.